The minimum absolute atomic E-state index is 0.665. The van der Waals surface area contributed by atoms with Crippen molar-refractivity contribution in [3.8, 4) is 0 Å². The van der Waals surface area contributed by atoms with Gasteiger partial charge in [-0.15, -0.1) is 0 Å². The van der Waals surface area contributed by atoms with Gasteiger partial charge >= 0.3 is 65.1 Å². The molecule has 0 N–H and O–H groups in total. The van der Waals surface area contributed by atoms with Gasteiger partial charge in [0.05, 0.1) is 0 Å². The van der Waals surface area contributed by atoms with E-state index in [1.165, 1.54) is 12.8 Å². The number of hydrogen-bond acceptors (Lipinski definition) is 0. The fraction of sp³-hybridized carbons (Fsp3) is 1.00. The minimum atomic E-state index is 0.665. The molecule has 0 amide bonds. The SMILES string of the molecule is CCCC[AsH][AsH][AsH2]. The monoisotopic (exact) mass is 286 g/mol. The molecule has 3 unspecified atom stereocenters. The first kappa shape index (κ1) is 8.68. The van der Waals surface area contributed by atoms with E-state index < -0.39 is 0 Å². The van der Waals surface area contributed by atoms with Crippen LogP contribution in [-0.4, -0.2) is 40.1 Å². The average molecular weight is 286 g/mol. The molecule has 0 aliphatic heterocycles. The van der Waals surface area contributed by atoms with Crippen molar-refractivity contribution in [1.29, 1.82) is 0 Å². The van der Waals surface area contributed by atoms with E-state index in [0.717, 1.165) is 0 Å². The Morgan fingerprint density at radius 1 is 1.57 bits per heavy atom. The molecule has 0 saturated carbocycles. The van der Waals surface area contributed by atoms with E-state index in [1.54, 1.807) is 5.21 Å². The first-order valence-electron chi connectivity index (χ1n) is 2.60. The second-order valence-corrected chi connectivity index (χ2v) is 27.2. The van der Waals surface area contributed by atoms with Crippen LogP contribution >= 0.6 is 0 Å². The third kappa shape index (κ3) is 7.68. The third-order valence-corrected chi connectivity index (χ3v) is 19.0. The molecule has 0 heterocycles. The Labute approximate surface area is 64.7 Å². The maximum absolute atomic E-state index is 2.28. The van der Waals surface area contributed by atoms with Gasteiger partial charge in [0.1, 0.15) is 0 Å². The molecule has 0 aliphatic rings. The summed E-state index contributed by atoms with van der Waals surface area (Å²) >= 11 is 3.39. The zero-order valence-electron chi connectivity index (χ0n) is 4.70. The van der Waals surface area contributed by atoms with Gasteiger partial charge in [-0.2, -0.15) is 0 Å². The molecular formula is C4H13As3. The maximum atomic E-state index is 2.28. The molecular weight excluding hydrogens is 273 g/mol. The summed E-state index contributed by atoms with van der Waals surface area (Å²) in [5.41, 5.74) is 0. The van der Waals surface area contributed by atoms with Crippen LogP contribution in [0.5, 0.6) is 0 Å². The second-order valence-electron chi connectivity index (χ2n) is 1.42. The summed E-state index contributed by atoms with van der Waals surface area (Å²) < 4.78 is 0. The third-order valence-electron chi connectivity index (χ3n) is 0.757. The molecule has 0 nitrogen and oxygen atoms in total. The van der Waals surface area contributed by atoms with Crippen LogP contribution in [0, 0.1) is 0 Å². The van der Waals surface area contributed by atoms with Crippen LogP contribution in [0.1, 0.15) is 19.8 Å². The van der Waals surface area contributed by atoms with Crippen molar-refractivity contribution in [2.45, 2.75) is 25.0 Å². The summed E-state index contributed by atoms with van der Waals surface area (Å²) in [6, 6.07) is 0. The Bertz CT molecular complexity index is 26.1. The van der Waals surface area contributed by atoms with Crippen molar-refractivity contribution in [3.05, 3.63) is 0 Å². The van der Waals surface area contributed by atoms with Gasteiger partial charge in [-0.1, -0.05) is 0 Å². The Kier molecular flexibility index (Phi) is 9.51. The average Bonchev–Trinajstić information content (AvgIpc) is 1.69. The number of unbranched alkanes of at least 4 members (excludes halogenated alkanes) is 1. The van der Waals surface area contributed by atoms with Gasteiger partial charge in [0.15, 0.2) is 0 Å². The van der Waals surface area contributed by atoms with E-state index in [1.807, 2.05) is 14.8 Å². The fourth-order valence-electron chi connectivity index (χ4n) is 0.337. The molecule has 3 heteroatoms. The van der Waals surface area contributed by atoms with E-state index in [9.17, 15) is 0 Å². The van der Waals surface area contributed by atoms with Crippen LogP contribution in [0.3, 0.4) is 0 Å². The van der Waals surface area contributed by atoms with Gasteiger partial charge < -0.3 is 0 Å². The quantitative estimate of drug-likeness (QED) is 0.485. The number of rotatable bonds is 4. The van der Waals surface area contributed by atoms with Crippen molar-refractivity contribution in [2.24, 2.45) is 0 Å². The molecule has 7 heavy (non-hydrogen) atoms. The summed E-state index contributed by atoms with van der Waals surface area (Å²) in [7, 11) is 0. The zero-order chi connectivity index (χ0) is 5.54. The molecule has 0 aromatic heterocycles. The van der Waals surface area contributed by atoms with Crippen LogP contribution in [0.2, 0.25) is 5.21 Å². The molecule has 0 rings (SSSR count). The normalized spacial score (nSPS) is 12.9. The Hall–Kier alpha value is 1.68. The summed E-state index contributed by atoms with van der Waals surface area (Å²) in [5, 5.41) is 1.63. The summed E-state index contributed by atoms with van der Waals surface area (Å²) in [6.45, 7) is 2.28. The molecule has 0 fully saturated rings. The van der Waals surface area contributed by atoms with Crippen LogP contribution in [0.25, 0.3) is 0 Å². The predicted octanol–water partition coefficient (Wildman–Crippen LogP) is -0.459. The molecule has 0 saturated heterocycles. The van der Waals surface area contributed by atoms with E-state index >= 15 is 0 Å². The van der Waals surface area contributed by atoms with Gasteiger partial charge in [0.2, 0.25) is 0 Å². The van der Waals surface area contributed by atoms with E-state index in [-0.39, 0.29) is 0 Å². The van der Waals surface area contributed by atoms with Crippen molar-refractivity contribution in [3.63, 3.8) is 0 Å². The van der Waals surface area contributed by atoms with Gasteiger partial charge in [-0.05, 0) is 0 Å². The van der Waals surface area contributed by atoms with Crippen LogP contribution < -0.4 is 0 Å². The molecule has 44 valence electrons. The Morgan fingerprint density at radius 2 is 2.29 bits per heavy atom. The predicted molar refractivity (Wildman–Crippen MR) is 42.6 cm³/mol. The van der Waals surface area contributed by atoms with E-state index in [0.29, 0.717) is 25.3 Å². The van der Waals surface area contributed by atoms with Gasteiger partial charge in [0.25, 0.3) is 0 Å². The van der Waals surface area contributed by atoms with Gasteiger partial charge in [-0.25, -0.2) is 0 Å². The van der Waals surface area contributed by atoms with E-state index in [2.05, 4.69) is 6.92 Å². The first-order valence-corrected chi connectivity index (χ1v) is 18.1. The molecule has 0 radical (unpaired) electrons. The molecule has 0 aromatic rings. The van der Waals surface area contributed by atoms with Gasteiger partial charge in [-0.3, -0.25) is 0 Å². The van der Waals surface area contributed by atoms with Crippen molar-refractivity contribution < 1.29 is 0 Å². The molecule has 0 bridgehead atoms. The molecule has 0 spiro atoms. The number of hydrogen-bond donors (Lipinski definition) is 0. The summed E-state index contributed by atoms with van der Waals surface area (Å²) in [6.07, 6.45) is 2.94. The standard InChI is InChI=1S/C4H13As3/c1-2-3-4-6-7-5/h6-7H,2-5H2,1H3. The second kappa shape index (κ2) is 7.68. The van der Waals surface area contributed by atoms with Crippen molar-refractivity contribution in [2.75, 3.05) is 0 Å². The van der Waals surface area contributed by atoms with Crippen LogP contribution in [0.15, 0.2) is 0 Å². The van der Waals surface area contributed by atoms with Crippen LogP contribution in [0.4, 0.5) is 0 Å². The Morgan fingerprint density at radius 3 is 2.71 bits per heavy atom. The zero-order valence-corrected chi connectivity index (χ0v) is 11.3. The molecule has 3 atom stereocenters. The summed E-state index contributed by atoms with van der Waals surface area (Å²) in [5.74, 6) is 0. The van der Waals surface area contributed by atoms with Crippen molar-refractivity contribution in [1.82, 2.24) is 0 Å². The van der Waals surface area contributed by atoms with Crippen molar-refractivity contribution >= 4 is 40.1 Å². The van der Waals surface area contributed by atoms with Crippen LogP contribution in [-0.2, 0) is 0 Å². The van der Waals surface area contributed by atoms with Gasteiger partial charge in [0, 0.05) is 0 Å². The first-order chi connectivity index (χ1) is 3.41. The fourth-order valence-corrected chi connectivity index (χ4v) is 13.4. The molecule has 0 aromatic carbocycles. The Balaban J connectivity index is 2.45. The topological polar surface area (TPSA) is 0 Å². The summed E-state index contributed by atoms with van der Waals surface area (Å²) in [4.78, 5) is 0. The molecule has 0 aliphatic carbocycles. The van der Waals surface area contributed by atoms with E-state index in [4.69, 9.17) is 0 Å².